The van der Waals surface area contributed by atoms with E-state index in [0.717, 1.165) is 78.6 Å². The Bertz CT molecular complexity index is 1370. The molecule has 0 aromatic carbocycles. The van der Waals surface area contributed by atoms with Gasteiger partial charge in [0.15, 0.2) is 0 Å². The highest BCUT2D eigenvalue weighted by molar-refractivity contribution is 8.32. The number of pyridine rings is 1. The lowest BCUT2D eigenvalue weighted by molar-refractivity contribution is 0.0786. The molecule has 2 fully saturated rings. The smallest absolute Gasteiger partial charge is 0.291 e. The lowest BCUT2D eigenvalue weighted by Gasteiger charge is -2.24. The lowest BCUT2D eigenvalue weighted by Crippen LogP contribution is -2.29. The highest BCUT2D eigenvalue weighted by Crippen LogP contribution is 2.46. The number of nitrogens with one attached hydrogen (secondary N) is 1. The van der Waals surface area contributed by atoms with E-state index in [1.165, 1.54) is 12.0 Å². The van der Waals surface area contributed by atoms with E-state index in [1.54, 1.807) is 11.0 Å². The minimum absolute atomic E-state index is 0.144. The summed E-state index contributed by atoms with van der Waals surface area (Å²) < 4.78 is 9.53. The third-order valence-corrected chi connectivity index (χ3v) is 9.68. The van der Waals surface area contributed by atoms with E-state index in [9.17, 15) is 4.79 Å². The molecule has 210 valence electrons. The number of hydrogen-bond acceptors (Lipinski definition) is 7. The number of carbonyl (C=O) groups is 1. The van der Waals surface area contributed by atoms with Crippen LogP contribution in [0.25, 0.3) is 0 Å². The van der Waals surface area contributed by atoms with Crippen LogP contribution in [0.5, 0.6) is 0 Å². The zero-order valence-corrected chi connectivity index (χ0v) is 24.5. The molecule has 1 saturated carbocycles. The molecule has 10 nitrogen and oxygen atoms in total. The lowest BCUT2D eigenvalue weighted by atomic mass is 10.2. The number of amides is 1. The molecular formula is C28H40N8O2S. The van der Waals surface area contributed by atoms with Crippen molar-refractivity contribution in [3.05, 3.63) is 52.5 Å². The molecule has 2 aliphatic carbocycles. The van der Waals surface area contributed by atoms with Gasteiger partial charge in [-0.3, -0.25) is 4.79 Å². The van der Waals surface area contributed by atoms with Gasteiger partial charge in [-0.2, -0.15) is 5.10 Å². The van der Waals surface area contributed by atoms with Crippen LogP contribution in [0.1, 0.15) is 57.7 Å². The van der Waals surface area contributed by atoms with Crippen LogP contribution in [0.4, 0.5) is 5.82 Å². The Balaban J connectivity index is 1.05. The van der Waals surface area contributed by atoms with Crippen LogP contribution in [0.15, 0.2) is 18.5 Å². The summed E-state index contributed by atoms with van der Waals surface area (Å²) in [5.74, 6) is 3.78. The summed E-state index contributed by atoms with van der Waals surface area (Å²) in [6.07, 6.45) is 11.6. The molecule has 0 radical (unpaired) electrons. The maximum Gasteiger partial charge on any atom is 0.291 e. The fourth-order valence-electron chi connectivity index (χ4n) is 5.72. The van der Waals surface area contributed by atoms with Crippen molar-refractivity contribution in [2.45, 2.75) is 52.4 Å². The molecule has 1 N–H and O–H groups in total. The summed E-state index contributed by atoms with van der Waals surface area (Å²) in [6, 6.07) is 4.08. The molecular weight excluding hydrogens is 512 g/mol. The van der Waals surface area contributed by atoms with Gasteiger partial charge in [-0.1, -0.05) is 6.07 Å². The van der Waals surface area contributed by atoms with Crippen LogP contribution in [0.2, 0.25) is 0 Å². The number of piperidine rings is 1. The summed E-state index contributed by atoms with van der Waals surface area (Å²) >= 11 is 0. The first-order valence-electron chi connectivity index (χ1n) is 13.9. The molecule has 39 heavy (non-hydrogen) atoms. The number of rotatable bonds is 10. The molecule has 3 atom stereocenters. The average molecular weight is 553 g/mol. The van der Waals surface area contributed by atoms with Crippen LogP contribution in [-0.4, -0.2) is 79.7 Å². The first kappa shape index (κ1) is 26.3. The first-order chi connectivity index (χ1) is 18.6. The molecule has 4 heterocycles. The maximum atomic E-state index is 13.0. The Labute approximate surface area is 231 Å². The minimum atomic E-state index is -0.578. The first-order valence-corrected chi connectivity index (χ1v) is 16.9. The predicted octanol–water partition coefficient (Wildman–Crippen LogP) is 3.08. The molecule has 3 aromatic heterocycles. The molecule has 0 bridgehead atoms. The Hall–Kier alpha value is -2.92. The zero-order chi connectivity index (χ0) is 27.3. The number of ether oxygens (including phenoxy) is 1. The second-order valence-corrected chi connectivity index (χ2v) is 16.8. The highest BCUT2D eigenvalue weighted by atomic mass is 32.3. The van der Waals surface area contributed by atoms with E-state index < -0.39 is 10.0 Å². The Morgan fingerprint density at radius 2 is 1.95 bits per heavy atom. The summed E-state index contributed by atoms with van der Waals surface area (Å²) in [5, 5.41) is 12.4. The van der Waals surface area contributed by atoms with Gasteiger partial charge in [0, 0.05) is 30.2 Å². The molecule has 0 spiro atoms. The van der Waals surface area contributed by atoms with Crippen molar-refractivity contribution in [3.8, 4) is 0 Å². The Kier molecular flexibility index (Phi) is 6.91. The van der Waals surface area contributed by atoms with E-state index in [2.05, 4.69) is 58.1 Å². The molecule has 2 unspecified atom stereocenters. The van der Waals surface area contributed by atoms with Crippen molar-refractivity contribution >= 4 is 21.8 Å². The van der Waals surface area contributed by atoms with E-state index in [0.29, 0.717) is 13.3 Å². The van der Waals surface area contributed by atoms with Crippen molar-refractivity contribution in [3.63, 3.8) is 0 Å². The van der Waals surface area contributed by atoms with Gasteiger partial charge in [0.2, 0.25) is 5.82 Å². The molecule has 3 aliphatic rings. The van der Waals surface area contributed by atoms with Crippen molar-refractivity contribution in [2.75, 3.05) is 49.1 Å². The second kappa shape index (κ2) is 10.2. The molecule has 1 aliphatic heterocycles. The Morgan fingerprint density at radius 3 is 2.69 bits per heavy atom. The zero-order valence-electron chi connectivity index (χ0n) is 23.7. The molecule has 11 heteroatoms. The third-order valence-electron chi connectivity index (χ3n) is 8.29. The summed E-state index contributed by atoms with van der Waals surface area (Å²) in [4.78, 5) is 24.6. The van der Waals surface area contributed by atoms with Gasteiger partial charge in [0.25, 0.3) is 5.91 Å². The normalized spacial score (nSPS) is 22.2. The third kappa shape index (κ3) is 5.70. The minimum Gasteiger partial charge on any atom is -0.358 e. The van der Waals surface area contributed by atoms with Crippen molar-refractivity contribution in [2.24, 2.45) is 11.8 Å². The average Bonchev–Trinajstić information content (AvgIpc) is 3.30. The summed E-state index contributed by atoms with van der Waals surface area (Å²) in [5.41, 5.74) is 5.32. The van der Waals surface area contributed by atoms with Gasteiger partial charge in [-0.25, -0.2) is 29.4 Å². The van der Waals surface area contributed by atoms with Crippen LogP contribution < -0.4 is 10.2 Å². The van der Waals surface area contributed by atoms with E-state index >= 15 is 0 Å². The number of fused-ring (bicyclic) bond motifs is 2. The topological polar surface area (TPSA) is 103 Å². The number of aryl methyl sites for hydroxylation is 1. The number of aromatic nitrogens is 6. The van der Waals surface area contributed by atoms with E-state index in [4.69, 9.17) is 14.8 Å². The fraction of sp³-hybridized carbons (Fsp3) is 0.607. The SMILES string of the molecule is Cc1nc(N2CC3CC3C2)ccc1Cn1cnc(C(=O)N[C@@H]2CCc3c2nn(COCCS(C)(C)C)c3C)n1. The summed E-state index contributed by atoms with van der Waals surface area (Å²) in [6.45, 7) is 8.08. The molecule has 3 aromatic rings. The van der Waals surface area contributed by atoms with Crippen molar-refractivity contribution in [1.82, 2.24) is 34.8 Å². The van der Waals surface area contributed by atoms with Crippen LogP contribution >= 0.6 is 10.0 Å². The number of anilines is 1. The number of hydrogen-bond donors (Lipinski definition) is 1. The molecule has 1 amide bonds. The largest absolute Gasteiger partial charge is 0.358 e. The quantitative estimate of drug-likeness (QED) is 0.386. The standard InChI is InChI=1S/C28H40N8O2S/c1-18-20(6-9-25(30-18)34-13-21-12-22(21)14-34)15-35-16-29-27(33-35)28(37)31-24-8-7-23-19(2)36(32-26(23)24)17-38-10-11-39(3,4)5/h6,9,16,21-22,24H,7-8,10-15,17H2,1-5H3,(H,31,37)/t21?,22?,24-/m1/s1. The van der Waals surface area contributed by atoms with Gasteiger partial charge in [-0.05, 0) is 80.9 Å². The predicted molar refractivity (Wildman–Crippen MR) is 154 cm³/mol. The van der Waals surface area contributed by atoms with Crippen LogP contribution in [-0.2, 0) is 24.4 Å². The van der Waals surface area contributed by atoms with E-state index in [1.807, 2.05) is 11.6 Å². The fourth-order valence-corrected chi connectivity index (χ4v) is 6.34. The Morgan fingerprint density at radius 1 is 1.15 bits per heavy atom. The second-order valence-electron chi connectivity index (χ2n) is 12.2. The molecule has 6 rings (SSSR count). The van der Waals surface area contributed by atoms with Gasteiger partial charge < -0.3 is 15.0 Å². The van der Waals surface area contributed by atoms with Crippen LogP contribution in [0, 0.1) is 25.7 Å². The number of nitrogens with zero attached hydrogens (tertiary/aromatic N) is 7. The monoisotopic (exact) mass is 552 g/mol. The number of carbonyl (C=O) groups excluding carboxylic acids is 1. The van der Waals surface area contributed by atoms with Gasteiger partial charge >= 0.3 is 0 Å². The van der Waals surface area contributed by atoms with Gasteiger partial charge in [-0.15, -0.1) is 5.10 Å². The maximum absolute atomic E-state index is 13.0. The summed E-state index contributed by atoms with van der Waals surface area (Å²) in [7, 11) is -0.578. The van der Waals surface area contributed by atoms with Crippen LogP contribution in [0.3, 0.4) is 0 Å². The van der Waals surface area contributed by atoms with E-state index in [-0.39, 0.29) is 17.8 Å². The van der Waals surface area contributed by atoms with Gasteiger partial charge in [0.05, 0.1) is 24.9 Å². The van der Waals surface area contributed by atoms with Crippen molar-refractivity contribution < 1.29 is 9.53 Å². The highest BCUT2D eigenvalue weighted by Gasteiger charge is 2.45. The van der Waals surface area contributed by atoms with Crippen molar-refractivity contribution in [1.29, 1.82) is 0 Å². The molecule has 1 saturated heterocycles. The van der Waals surface area contributed by atoms with Gasteiger partial charge in [0.1, 0.15) is 18.9 Å².